The van der Waals surface area contributed by atoms with E-state index in [4.69, 9.17) is 4.74 Å². The smallest absolute Gasteiger partial charge is 0.0600 e. The van der Waals surface area contributed by atoms with Gasteiger partial charge in [-0.2, -0.15) is 0 Å². The lowest BCUT2D eigenvalue weighted by Gasteiger charge is -2.16. The molecule has 78 valence electrons. The third-order valence-corrected chi connectivity index (χ3v) is 2.78. The normalized spacial score (nSPS) is 25.8. The number of nitrogens with one attached hydrogen (secondary N) is 1. The van der Waals surface area contributed by atoms with Crippen molar-refractivity contribution in [3.8, 4) is 0 Å². The van der Waals surface area contributed by atoms with Crippen LogP contribution in [0.15, 0.2) is 0 Å². The first-order valence-electron chi connectivity index (χ1n) is 5.07. The highest BCUT2D eigenvalue weighted by atomic mass is 32.1. The number of ether oxygens (including phenoxy) is 1. The van der Waals surface area contributed by atoms with Crippen molar-refractivity contribution >= 4 is 12.8 Å². The van der Waals surface area contributed by atoms with E-state index in [0.717, 1.165) is 39.1 Å². The number of hydrogen-bond donors (Lipinski definition) is 2. The summed E-state index contributed by atoms with van der Waals surface area (Å²) in [4.78, 5) is 2.44. The molecule has 0 bridgehead atoms. The van der Waals surface area contributed by atoms with Gasteiger partial charge in [0, 0.05) is 19.6 Å². The van der Waals surface area contributed by atoms with Crippen LogP contribution in [-0.4, -0.2) is 43.8 Å². The molecular formula is C9H20N2OS. The molecule has 0 saturated carbocycles. The van der Waals surface area contributed by atoms with Crippen LogP contribution in [0.2, 0.25) is 0 Å². The van der Waals surface area contributed by atoms with Gasteiger partial charge >= 0.3 is 0 Å². The van der Waals surface area contributed by atoms with E-state index in [-0.39, 0.29) is 0 Å². The van der Waals surface area contributed by atoms with Crippen molar-refractivity contribution in [3.63, 3.8) is 0 Å². The summed E-state index contributed by atoms with van der Waals surface area (Å²) in [6, 6.07) is 0. The highest BCUT2D eigenvalue weighted by Gasteiger charge is 2.15. The van der Waals surface area contributed by atoms with E-state index in [1.807, 2.05) is 0 Å². The summed E-state index contributed by atoms with van der Waals surface area (Å²) in [7, 11) is 0. The summed E-state index contributed by atoms with van der Waals surface area (Å²) in [5, 5.41) is 0. The molecule has 1 unspecified atom stereocenters. The molecule has 1 N–H and O–H groups in total. The van der Waals surface area contributed by atoms with Crippen molar-refractivity contribution in [2.75, 3.05) is 32.8 Å². The second kappa shape index (κ2) is 6.65. The highest BCUT2D eigenvalue weighted by molar-refractivity contribution is 7.78. The van der Waals surface area contributed by atoms with Gasteiger partial charge in [-0.25, -0.2) is 0 Å². The fraction of sp³-hybridized carbons (Fsp3) is 1.00. The number of nitrogens with zero attached hydrogens (tertiary/aromatic N) is 1. The third kappa shape index (κ3) is 4.31. The quantitative estimate of drug-likeness (QED) is 0.666. The molecule has 0 aliphatic carbocycles. The van der Waals surface area contributed by atoms with Crippen molar-refractivity contribution in [1.82, 2.24) is 9.62 Å². The zero-order chi connectivity index (χ0) is 9.52. The minimum atomic E-state index is 0.427. The van der Waals surface area contributed by atoms with Crippen molar-refractivity contribution in [2.45, 2.75) is 25.9 Å². The number of thiol groups is 1. The Bertz CT molecular complexity index is 135. The zero-order valence-electron chi connectivity index (χ0n) is 8.33. The SMILES string of the molecule is CCN1CCOC(CCNS)CC1. The van der Waals surface area contributed by atoms with Gasteiger partial charge < -0.3 is 9.64 Å². The van der Waals surface area contributed by atoms with Crippen LogP contribution in [0.3, 0.4) is 0 Å². The minimum Gasteiger partial charge on any atom is -0.377 e. The Labute approximate surface area is 86.4 Å². The van der Waals surface area contributed by atoms with Crippen LogP contribution in [0, 0.1) is 0 Å². The topological polar surface area (TPSA) is 24.5 Å². The predicted molar refractivity (Wildman–Crippen MR) is 58.1 cm³/mol. The molecule has 1 aliphatic rings. The van der Waals surface area contributed by atoms with Crippen LogP contribution in [0.5, 0.6) is 0 Å². The maximum absolute atomic E-state index is 5.72. The Kier molecular flexibility index (Phi) is 5.78. The molecule has 0 radical (unpaired) electrons. The van der Waals surface area contributed by atoms with E-state index in [1.54, 1.807) is 0 Å². The summed E-state index contributed by atoms with van der Waals surface area (Å²) in [6.07, 6.45) is 2.65. The van der Waals surface area contributed by atoms with Gasteiger partial charge in [0.05, 0.1) is 12.7 Å². The van der Waals surface area contributed by atoms with E-state index in [9.17, 15) is 0 Å². The van der Waals surface area contributed by atoms with Gasteiger partial charge in [0.15, 0.2) is 0 Å². The molecule has 0 aromatic heterocycles. The standard InChI is InChI=1S/C9H20N2OS/c1-2-11-6-4-9(3-5-10-13)12-8-7-11/h9-10,13H,2-8H2,1H3. The van der Waals surface area contributed by atoms with Crippen molar-refractivity contribution < 1.29 is 4.74 Å². The average Bonchev–Trinajstić information content (AvgIpc) is 2.39. The molecule has 4 heteroatoms. The molecule has 13 heavy (non-hydrogen) atoms. The van der Waals surface area contributed by atoms with Crippen molar-refractivity contribution in [3.05, 3.63) is 0 Å². The molecule has 1 rings (SSSR count). The lowest BCUT2D eigenvalue weighted by atomic mass is 10.2. The van der Waals surface area contributed by atoms with Gasteiger partial charge in [0.1, 0.15) is 0 Å². The van der Waals surface area contributed by atoms with E-state index in [2.05, 4.69) is 29.4 Å². The van der Waals surface area contributed by atoms with Gasteiger partial charge in [-0.15, -0.1) is 0 Å². The Morgan fingerprint density at radius 1 is 1.54 bits per heavy atom. The van der Waals surface area contributed by atoms with E-state index >= 15 is 0 Å². The Hall–Kier alpha value is 0.230. The number of hydrogen-bond acceptors (Lipinski definition) is 4. The molecule has 1 atom stereocenters. The van der Waals surface area contributed by atoms with Crippen LogP contribution in [0.4, 0.5) is 0 Å². The maximum atomic E-state index is 5.72. The van der Waals surface area contributed by atoms with Gasteiger partial charge in [0.2, 0.25) is 0 Å². The molecule has 1 fully saturated rings. The second-order valence-electron chi connectivity index (χ2n) is 3.41. The first-order valence-corrected chi connectivity index (χ1v) is 5.52. The van der Waals surface area contributed by atoms with Gasteiger partial charge in [-0.05, 0) is 19.4 Å². The predicted octanol–water partition coefficient (Wildman–Crippen LogP) is 0.922. The summed E-state index contributed by atoms with van der Waals surface area (Å²) < 4.78 is 8.58. The number of rotatable bonds is 4. The summed E-state index contributed by atoms with van der Waals surface area (Å²) in [6.45, 7) is 7.41. The van der Waals surface area contributed by atoms with Crippen molar-refractivity contribution in [1.29, 1.82) is 0 Å². The highest BCUT2D eigenvalue weighted by Crippen LogP contribution is 2.09. The van der Waals surface area contributed by atoms with Crippen molar-refractivity contribution in [2.24, 2.45) is 0 Å². The molecule has 1 saturated heterocycles. The Balaban J connectivity index is 2.19. The van der Waals surface area contributed by atoms with Gasteiger partial charge in [-0.3, -0.25) is 4.72 Å². The van der Waals surface area contributed by atoms with Gasteiger partial charge in [-0.1, -0.05) is 19.7 Å². The first-order chi connectivity index (χ1) is 6.36. The molecule has 0 aromatic carbocycles. The average molecular weight is 204 g/mol. The summed E-state index contributed by atoms with van der Waals surface area (Å²) in [5.41, 5.74) is 0. The first kappa shape index (κ1) is 11.3. The summed E-state index contributed by atoms with van der Waals surface area (Å²) >= 11 is 3.97. The van der Waals surface area contributed by atoms with E-state index < -0.39 is 0 Å². The minimum absolute atomic E-state index is 0.427. The zero-order valence-corrected chi connectivity index (χ0v) is 9.22. The van der Waals surface area contributed by atoms with Crippen LogP contribution >= 0.6 is 12.8 Å². The molecule has 3 nitrogen and oxygen atoms in total. The molecule has 1 aliphatic heterocycles. The summed E-state index contributed by atoms with van der Waals surface area (Å²) in [5.74, 6) is 0. The number of likely N-dealkylation sites (N-methyl/N-ethyl adjacent to an activating group) is 1. The monoisotopic (exact) mass is 204 g/mol. The lowest BCUT2D eigenvalue weighted by molar-refractivity contribution is 0.0577. The molecular weight excluding hydrogens is 184 g/mol. The Morgan fingerprint density at radius 2 is 2.38 bits per heavy atom. The van der Waals surface area contributed by atoms with Crippen LogP contribution < -0.4 is 4.72 Å². The van der Waals surface area contributed by atoms with Gasteiger partial charge in [0.25, 0.3) is 0 Å². The fourth-order valence-corrected chi connectivity index (χ4v) is 1.77. The maximum Gasteiger partial charge on any atom is 0.0600 e. The van der Waals surface area contributed by atoms with E-state index in [1.165, 1.54) is 6.54 Å². The molecule has 0 amide bonds. The van der Waals surface area contributed by atoms with Crippen LogP contribution in [0.25, 0.3) is 0 Å². The lowest BCUT2D eigenvalue weighted by Crippen LogP contribution is -2.25. The van der Waals surface area contributed by atoms with E-state index in [0.29, 0.717) is 6.10 Å². The third-order valence-electron chi connectivity index (χ3n) is 2.55. The Morgan fingerprint density at radius 3 is 3.08 bits per heavy atom. The molecule has 0 spiro atoms. The van der Waals surface area contributed by atoms with Crippen LogP contribution in [-0.2, 0) is 4.74 Å². The fourth-order valence-electron chi connectivity index (χ4n) is 1.64. The van der Waals surface area contributed by atoms with Crippen LogP contribution in [0.1, 0.15) is 19.8 Å². The second-order valence-corrected chi connectivity index (χ2v) is 3.73. The molecule has 1 heterocycles. The largest absolute Gasteiger partial charge is 0.377 e. The molecule has 0 aromatic rings.